The first-order valence-corrected chi connectivity index (χ1v) is 12.2. The van der Waals surface area contributed by atoms with Crippen molar-refractivity contribution in [2.24, 2.45) is 0 Å². The van der Waals surface area contributed by atoms with E-state index < -0.39 is 42.2 Å². The number of rotatable bonds is 12. The second-order valence-electron chi connectivity index (χ2n) is 9.34. The molecular formula is C28H34N2O10. The first-order valence-electron chi connectivity index (χ1n) is 12.2. The molecule has 12 nitrogen and oxygen atoms in total. The largest absolute Gasteiger partial charge is 0.513 e. The van der Waals surface area contributed by atoms with Crippen molar-refractivity contribution in [1.82, 2.24) is 10.6 Å². The van der Waals surface area contributed by atoms with E-state index in [1.54, 1.807) is 65.3 Å². The summed E-state index contributed by atoms with van der Waals surface area (Å²) in [6, 6.07) is 10.8. The number of amides is 2. The molecule has 3 N–H and O–H groups in total. The predicted molar refractivity (Wildman–Crippen MR) is 145 cm³/mol. The highest BCUT2D eigenvalue weighted by molar-refractivity contribution is 5.89. The number of aliphatic carboxylic acids is 1. The maximum atomic E-state index is 12.3. The van der Waals surface area contributed by atoms with E-state index in [0.29, 0.717) is 11.5 Å². The van der Waals surface area contributed by atoms with Crippen molar-refractivity contribution in [2.75, 3.05) is 27.4 Å². The highest BCUT2D eigenvalue weighted by Gasteiger charge is 2.26. The van der Waals surface area contributed by atoms with Gasteiger partial charge in [-0.2, -0.15) is 0 Å². The fourth-order valence-corrected chi connectivity index (χ4v) is 3.16. The van der Waals surface area contributed by atoms with Crippen molar-refractivity contribution >= 4 is 36.3 Å². The lowest BCUT2D eigenvalue weighted by molar-refractivity contribution is -0.139. The van der Waals surface area contributed by atoms with Crippen LogP contribution in [0.25, 0.3) is 12.2 Å². The van der Waals surface area contributed by atoms with Gasteiger partial charge in [0.25, 0.3) is 0 Å². The molecule has 2 rings (SSSR count). The summed E-state index contributed by atoms with van der Waals surface area (Å²) in [6.45, 7) is 4.49. The van der Waals surface area contributed by atoms with E-state index in [1.165, 1.54) is 0 Å². The van der Waals surface area contributed by atoms with Gasteiger partial charge >= 0.3 is 18.2 Å². The van der Waals surface area contributed by atoms with E-state index in [0.717, 1.165) is 11.1 Å². The van der Waals surface area contributed by atoms with Gasteiger partial charge in [-0.1, -0.05) is 24.3 Å². The van der Waals surface area contributed by atoms with Gasteiger partial charge in [-0.25, -0.2) is 9.59 Å². The fraction of sp³-hybridized carbons (Fsp3) is 0.357. The SMILES string of the molecule is COc1cc(C=Cc2ccc(OC(=O)OCCNC(=O)C(CC(=O)O)NC(=O)OC(C)(C)C)cc2)cc(OC)c1. The van der Waals surface area contributed by atoms with Crippen molar-refractivity contribution in [3.63, 3.8) is 0 Å². The number of carbonyl (C=O) groups is 4. The third-order valence-electron chi connectivity index (χ3n) is 4.93. The molecule has 0 saturated heterocycles. The smallest absolute Gasteiger partial charge is 0.497 e. The Morgan fingerprint density at radius 2 is 1.50 bits per heavy atom. The van der Waals surface area contributed by atoms with Gasteiger partial charge in [0.15, 0.2) is 0 Å². The summed E-state index contributed by atoms with van der Waals surface area (Å²) in [5.41, 5.74) is 0.897. The van der Waals surface area contributed by atoms with Gasteiger partial charge < -0.3 is 39.4 Å². The molecule has 1 atom stereocenters. The summed E-state index contributed by atoms with van der Waals surface area (Å²) in [7, 11) is 3.15. The molecule has 0 aliphatic carbocycles. The Bertz CT molecular complexity index is 1180. The molecule has 0 fully saturated rings. The lowest BCUT2D eigenvalue weighted by Gasteiger charge is -2.22. The van der Waals surface area contributed by atoms with Crippen LogP contribution in [-0.4, -0.2) is 68.2 Å². The van der Waals surface area contributed by atoms with Gasteiger partial charge in [-0.05, 0) is 56.2 Å². The average Bonchev–Trinajstić information content (AvgIpc) is 2.88. The highest BCUT2D eigenvalue weighted by atomic mass is 16.7. The summed E-state index contributed by atoms with van der Waals surface area (Å²) >= 11 is 0. The average molecular weight is 559 g/mol. The van der Waals surface area contributed by atoms with E-state index in [4.69, 9.17) is 28.8 Å². The van der Waals surface area contributed by atoms with E-state index in [9.17, 15) is 19.2 Å². The minimum Gasteiger partial charge on any atom is -0.497 e. The summed E-state index contributed by atoms with van der Waals surface area (Å²) in [4.78, 5) is 47.3. The molecule has 216 valence electrons. The first kappa shape index (κ1) is 31.5. The first-order chi connectivity index (χ1) is 18.9. The molecular weight excluding hydrogens is 524 g/mol. The Balaban J connectivity index is 1.81. The maximum Gasteiger partial charge on any atom is 0.513 e. The number of carbonyl (C=O) groups excluding carboxylic acids is 3. The lowest BCUT2D eigenvalue weighted by atomic mass is 10.1. The lowest BCUT2D eigenvalue weighted by Crippen LogP contribution is -2.49. The molecule has 0 radical (unpaired) electrons. The minimum absolute atomic E-state index is 0.140. The highest BCUT2D eigenvalue weighted by Crippen LogP contribution is 2.24. The summed E-state index contributed by atoms with van der Waals surface area (Å²) in [6.07, 6.45) is 1.17. The van der Waals surface area contributed by atoms with Crippen LogP contribution in [0.15, 0.2) is 42.5 Å². The summed E-state index contributed by atoms with van der Waals surface area (Å²) < 4.78 is 25.6. The molecule has 2 aromatic carbocycles. The van der Waals surface area contributed by atoms with Crippen LogP contribution < -0.4 is 24.8 Å². The number of carboxylic acid groups (broad SMARTS) is 1. The van der Waals surface area contributed by atoms with Crippen LogP contribution in [0.4, 0.5) is 9.59 Å². The zero-order chi connectivity index (χ0) is 29.7. The topological polar surface area (TPSA) is 159 Å². The second kappa shape index (κ2) is 15.0. The van der Waals surface area contributed by atoms with E-state index in [2.05, 4.69) is 10.6 Å². The number of carboxylic acids is 1. The molecule has 1 unspecified atom stereocenters. The normalized spacial score (nSPS) is 11.7. The van der Waals surface area contributed by atoms with E-state index in [1.807, 2.05) is 24.3 Å². The molecule has 0 aliphatic heterocycles. The summed E-state index contributed by atoms with van der Waals surface area (Å²) in [5.74, 6) is -0.492. The van der Waals surface area contributed by atoms with Gasteiger partial charge in [0.2, 0.25) is 5.91 Å². The van der Waals surface area contributed by atoms with Crippen LogP contribution in [-0.2, 0) is 19.1 Å². The van der Waals surface area contributed by atoms with Crippen LogP contribution in [0.3, 0.4) is 0 Å². The summed E-state index contributed by atoms with van der Waals surface area (Å²) in [5, 5.41) is 13.6. The van der Waals surface area contributed by atoms with E-state index >= 15 is 0 Å². The molecule has 0 bridgehead atoms. The molecule has 0 saturated carbocycles. The molecule has 2 amide bonds. The van der Waals surface area contributed by atoms with Crippen molar-refractivity contribution in [1.29, 1.82) is 0 Å². The predicted octanol–water partition coefficient (Wildman–Crippen LogP) is 3.87. The van der Waals surface area contributed by atoms with Crippen molar-refractivity contribution in [2.45, 2.75) is 38.8 Å². The second-order valence-corrected chi connectivity index (χ2v) is 9.34. The third kappa shape index (κ3) is 11.8. The van der Waals surface area contributed by atoms with E-state index in [-0.39, 0.29) is 18.9 Å². The number of methoxy groups -OCH3 is 2. The number of hydrogen-bond donors (Lipinski definition) is 3. The van der Waals surface area contributed by atoms with Crippen LogP contribution >= 0.6 is 0 Å². The van der Waals surface area contributed by atoms with Crippen molar-refractivity contribution < 1.29 is 48.0 Å². The molecule has 0 aliphatic rings. The zero-order valence-electron chi connectivity index (χ0n) is 23.0. The molecule has 12 heteroatoms. The zero-order valence-corrected chi connectivity index (χ0v) is 23.0. The van der Waals surface area contributed by atoms with Crippen LogP contribution in [0.1, 0.15) is 38.3 Å². The Labute approximate surface area is 232 Å². The standard InChI is InChI=1S/C28H34N2O10/c1-28(2,3)40-26(34)30-23(17-24(31)32)25(33)29-12-13-38-27(35)39-20-10-8-18(9-11-20)6-7-19-14-21(36-4)16-22(15-19)37-5/h6-11,14-16,23H,12-13,17H2,1-5H3,(H,29,33)(H,30,34)(H,31,32). The van der Waals surface area contributed by atoms with Gasteiger partial charge in [-0.3, -0.25) is 9.59 Å². The molecule has 40 heavy (non-hydrogen) atoms. The van der Waals surface area contributed by atoms with Gasteiger partial charge in [0.1, 0.15) is 35.5 Å². The monoisotopic (exact) mass is 558 g/mol. The van der Waals surface area contributed by atoms with Crippen LogP contribution in [0, 0.1) is 0 Å². The molecule has 0 spiro atoms. The van der Waals surface area contributed by atoms with Crippen molar-refractivity contribution in [3.05, 3.63) is 53.6 Å². The van der Waals surface area contributed by atoms with Gasteiger partial charge in [-0.15, -0.1) is 0 Å². The molecule has 0 aromatic heterocycles. The minimum atomic E-state index is -1.38. The van der Waals surface area contributed by atoms with Gasteiger partial charge in [0, 0.05) is 6.07 Å². The number of hydrogen-bond acceptors (Lipinski definition) is 9. The van der Waals surface area contributed by atoms with Gasteiger partial charge in [0.05, 0.1) is 27.2 Å². The Hall–Kier alpha value is -4.74. The number of nitrogens with one attached hydrogen (secondary N) is 2. The number of alkyl carbamates (subject to hydrolysis) is 1. The Morgan fingerprint density at radius 1 is 0.900 bits per heavy atom. The Morgan fingerprint density at radius 3 is 2.05 bits per heavy atom. The molecule has 0 heterocycles. The third-order valence-corrected chi connectivity index (χ3v) is 4.93. The number of ether oxygens (including phenoxy) is 5. The van der Waals surface area contributed by atoms with Crippen LogP contribution in [0.2, 0.25) is 0 Å². The fourth-order valence-electron chi connectivity index (χ4n) is 3.16. The molecule has 2 aromatic rings. The Kier molecular flexibility index (Phi) is 11.8. The quantitative estimate of drug-likeness (QED) is 0.151. The van der Waals surface area contributed by atoms with Crippen LogP contribution in [0.5, 0.6) is 17.2 Å². The number of benzene rings is 2. The van der Waals surface area contributed by atoms with Crippen molar-refractivity contribution in [3.8, 4) is 17.2 Å². The maximum absolute atomic E-state index is 12.3.